The summed E-state index contributed by atoms with van der Waals surface area (Å²) in [6.07, 6.45) is -3.31. The number of nitrogens with two attached hydrogens (primary N) is 1. The number of oxazole rings is 1. The summed E-state index contributed by atoms with van der Waals surface area (Å²) in [5.41, 5.74) is 6.57. The van der Waals surface area contributed by atoms with Crippen molar-refractivity contribution in [3.05, 3.63) is 65.8 Å². The Balaban J connectivity index is 1.56. The minimum Gasteiger partial charge on any atom is -0.465 e. The van der Waals surface area contributed by atoms with Gasteiger partial charge in [0.15, 0.2) is 5.69 Å². The summed E-state index contributed by atoms with van der Waals surface area (Å²) in [4.78, 5) is 43.6. The minimum absolute atomic E-state index is 0.0111. The van der Waals surface area contributed by atoms with E-state index in [4.69, 9.17) is 10.2 Å². The van der Waals surface area contributed by atoms with E-state index < -0.39 is 43.1 Å². The van der Waals surface area contributed by atoms with Gasteiger partial charge in [-0.3, -0.25) is 19.6 Å². The van der Waals surface area contributed by atoms with Crippen molar-refractivity contribution in [2.24, 2.45) is 5.73 Å². The maximum Gasteiger partial charge on any atom is 0.413 e. The lowest BCUT2D eigenvalue weighted by atomic mass is 10.0. The zero-order valence-corrected chi connectivity index (χ0v) is 19.6. The summed E-state index contributed by atoms with van der Waals surface area (Å²) < 4.78 is 43.7. The van der Waals surface area contributed by atoms with E-state index >= 15 is 0 Å². The molecular weight excluding hydrogens is 527 g/mol. The van der Waals surface area contributed by atoms with Crippen LogP contribution in [0.25, 0.3) is 22.7 Å². The summed E-state index contributed by atoms with van der Waals surface area (Å²) in [7, 11) is 0. The zero-order valence-electron chi connectivity index (χ0n) is 19.6. The van der Waals surface area contributed by atoms with Crippen molar-refractivity contribution in [3.8, 4) is 22.7 Å². The van der Waals surface area contributed by atoms with E-state index in [1.54, 1.807) is 6.07 Å². The molecule has 0 unspecified atom stereocenters. The topological polar surface area (TPSA) is 201 Å². The number of pyridine rings is 1. The van der Waals surface area contributed by atoms with Crippen LogP contribution >= 0.6 is 0 Å². The monoisotopic (exact) mass is 545 g/mol. The van der Waals surface area contributed by atoms with Crippen LogP contribution in [0.2, 0.25) is 0 Å². The van der Waals surface area contributed by atoms with Crippen LogP contribution in [0.3, 0.4) is 0 Å². The molecule has 3 amide bonds. The van der Waals surface area contributed by atoms with E-state index in [-0.39, 0.29) is 33.3 Å². The second-order valence-electron chi connectivity index (χ2n) is 7.93. The summed E-state index contributed by atoms with van der Waals surface area (Å²) >= 11 is 0. The van der Waals surface area contributed by atoms with E-state index in [0.717, 1.165) is 18.5 Å². The van der Waals surface area contributed by atoms with Gasteiger partial charge < -0.3 is 25.7 Å². The quantitative estimate of drug-likeness (QED) is 0.221. The van der Waals surface area contributed by atoms with Crippen LogP contribution in [0.5, 0.6) is 0 Å². The Morgan fingerprint density at radius 2 is 1.92 bits per heavy atom. The number of hydrogen-bond acceptors (Lipinski definition) is 8. The molecule has 39 heavy (non-hydrogen) atoms. The van der Waals surface area contributed by atoms with Gasteiger partial charge >= 0.3 is 12.3 Å². The van der Waals surface area contributed by atoms with E-state index in [2.05, 4.69) is 25.5 Å². The fourth-order valence-corrected chi connectivity index (χ4v) is 3.52. The number of aromatic amines is 1. The number of amides is 3. The van der Waals surface area contributed by atoms with Crippen molar-refractivity contribution in [2.75, 3.05) is 16.8 Å². The van der Waals surface area contributed by atoms with Gasteiger partial charge in [-0.2, -0.15) is 18.3 Å². The molecule has 1 aromatic carbocycles. The van der Waals surface area contributed by atoms with Crippen molar-refractivity contribution >= 4 is 29.4 Å². The number of halogens is 3. The third-order valence-electron chi connectivity index (χ3n) is 5.30. The number of hydrogen-bond donors (Lipinski definition) is 5. The van der Waals surface area contributed by atoms with Gasteiger partial charge in [0.1, 0.15) is 18.6 Å². The van der Waals surface area contributed by atoms with Crippen LogP contribution in [-0.4, -0.2) is 61.0 Å². The van der Waals surface area contributed by atoms with Gasteiger partial charge in [0, 0.05) is 22.9 Å². The Kier molecular flexibility index (Phi) is 7.30. The van der Waals surface area contributed by atoms with Gasteiger partial charge in [-0.1, -0.05) is 12.1 Å². The molecule has 0 spiro atoms. The number of rotatable bonds is 8. The summed E-state index contributed by atoms with van der Waals surface area (Å²) in [6.45, 7) is -2.19. The van der Waals surface area contributed by atoms with Gasteiger partial charge in [-0.15, -0.1) is 0 Å². The van der Waals surface area contributed by atoms with Crippen LogP contribution in [-0.2, 0) is 6.61 Å². The molecule has 0 aliphatic heterocycles. The predicted octanol–water partition coefficient (Wildman–Crippen LogP) is 3.02. The molecule has 6 N–H and O–H groups in total. The predicted molar refractivity (Wildman–Crippen MR) is 128 cm³/mol. The molecule has 4 rings (SSSR count). The number of alkyl halides is 3. The van der Waals surface area contributed by atoms with Crippen LogP contribution in [0.1, 0.15) is 26.4 Å². The lowest BCUT2D eigenvalue weighted by Crippen LogP contribution is -2.38. The third kappa shape index (κ3) is 6.02. The molecule has 0 bridgehead atoms. The number of H-pyrrole nitrogens is 1. The fraction of sp³-hybridized carbons (Fsp3) is 0.130. The highest BCUT2D eigenvalue weighted by Gasteiger charge is 2.34. The molecule has 0 aliphatic rings. The molecule has 3 heterocycles. The van der Waals surface area contributed by atoms with E-state index in [1.807, 2.05) is 0 Å². The number of carboxylic acid groups (broad SMARTS) is 1. The number of primary amides is 1. The first-order valence-electron chi connectivity index (χ1n) is 10.8. The first kappa shape index (κ1) is 26.8. The standard InChI is InChI=1S/C23H18F3N7O6/c24-23(25,26)10-33(22(37)38)17-6-12(3-4-28-17)21-31-16(9-39-21)20(36)30-15-7-29-32-18(15)11-1-2-13(8-34)14(5-11)19(27)35/h1-7,9,34H,8,10H2,(H2,27,35)(H,29,32)(H,30,36)(H,37,38). The van der Waals surface area contributed by atoms with E-state index in [1.165, 1.54) is 24.4 Å². The first-order chi connectivity index (χ1) is 18.5. The first-order valence-corrected chi connectivity index (χ1v) is 10.8. The number of aliphatic hydroxyl groups excluding tert-OH is 1. The number of nitrogens with one attached hydrogen (secondary N) is 2. The largest absolute Gasteiger partial charge is 0.465 e. The normalized spacial score (nSPS) is 11.3. The van der Waals surface area contributed by atoms with Gasteiger partial charge in [-0.05, 0) is 23.8 Å². The summed E-state index contributed by atoms with van der Waals surface area (Å²) in [5, 5.41) is 27.7. The second kappa shape index (κ2) is 10.6. The zero-order chi connectivity index (χ0) is 28.3. The van der Waals surface area contributed by atoms with Crippen LogP contribution in [0.15, 0.2) is 53.4 Å². The molecule has 0 atom stereocenters. The molecule has 0 saturated carbocycles. The summed E-state index contributed by atoms with van der Waals surface area (Å²) in [6, 6.07) is 6.83. The van der Waals surface area contributed by atoms with Gasteiger partial charge in [-0.25, -0.2) is 14.8 Å². The van der Waals surface area contributed by atoms with Crippen molar-refractivity contribution in [1.29, 1.82) is 0 Å². The number of aromatic nitrogens is 4. The Morgan fingerprint density at radius 3 is 2.59 bits per heavy atom. The average Bonchev–Trinajstić information content (AvgIpc) is 3.56. The Labute approximate surface area is 216 Å². The smallest absolute Gasteiger partial charge is 0.413 e. The van der Waals surface area contributed by atoms with Gasteiger partial charge in [0.25, 0.3) is 5.91 Å². The average molecular weight is 545 g/mol. The van der Waals surface area contributed by atoms with Crippen molar-refractivity contribution < 1.29 is 42.2 Å². The number of benzene rings is 1. The number of nitrogens with zero attached hydrogens (tertiary/aromatic N) is 4. The molecule has 16 heteroatoms. The highest BCUT2D eigenvalue weighted by Crippen LogP contribution is 2.29. The molecule has 0 saturated heterocycles. The lowest BCUT2D eigenvalue weighted by molar-refractivity contribution is -0.119. The fourth-order valence-electron chi connectivity index (χ4n) is 3.52. The molecule has 0 radical (unpaired) electrons. The SMILES string of the molecule is NC(=O)c1cc(-c2[nH]ncc2NC(=O)c2coc(-c3ccnc(N(CC(F)(F)F)C(=O)O)c3)n2)ccc1CO. The van der Waals surface area contributed by atoms with Crippen molar-refractivity contribution in [3.63, 3.8) is 0 Å². The second-order valence-corrected chi connectivity index (χ2v) is 7.93. The third-order valence-corrected chi connectivity index (χ3v) is 5.30. The molecule has 3 aromatic heterocycles. The van der Waals surface area contributed by atoms with Crippen LogP contribution in [0, 0.1) is 0 Å². The summed E-state index contributed by atoms with van der Waals surface area (Å²) in [5.74, 6) is -2.20. The molecule has 202 valence electrons. The number of anilines is 2. The Morgan fingerprint density at radius 1 is 1.15 bits per heavy atom. The van der Waals surface area contributed by atoms with Crippen LogP contribution < -0.4 is 16.0 Å². The minimum atomic E-state index is -4.81. The lowest BCUT2D eigenvalue weighted by Gasteiger charge is -2.19. The molecule has 0 fully saturated rings. The molecule has 4 aromatic rings. The molecular formula is C23H18F3N7O6. The van der Waals surface area contributed by atoms with Crippen molar-refractivity contribution in [1.82, 2.24) is 20.2 Å². The number of aliphatic hydroxyl groups is 1. The highest BCUT2D eigenvalue weighted by atomic mass is 19.4. The van der Waals surface area contributed by atoms with Crippen LogP contribution in [0.4, 0.5) is 29.5 Å². The van der Waals surface area contributed by atoms with Gasteiger partial charge in [0.05, 0.1) is 24.2 Å². The van der Waals surface area contributed by atoms with E-state index in [0.29, 0.717) is 16.8 Å². The van der Waals surface area contributed by atoms with Gasteiger partial charge in [0.2, 0.25) is 11.8 Å². The Hall–Kier alpha value is -5.25. The maximum absolute atomic E-state index is 12.8. The Bertz CT molecular complexity index is 1550. The van der Waals surface area contributed by atoms with E-state index in [9.17, 15) is 37.8 Å². The van der Waals surface area contributed by atoms with Crippen molar-refractivity contribution in [2.45, 2.75) is 12.8 Å². The number of carbonyl (C=O) groups is 3. The highest BCUT2D eigenvalue weighted by molar-refractivity contribution is 6.05. The number of carbonyl (C=O) groups excluding carboxylic acids is 2. The maximum atomic E-state index is 12.8. The molecule has 0 aliphatic carbocycles. The molecule has 13 nitrogen and oxygen atoms in total.